The summed E-state index contributed by atoms with van der Waals surface area (Å²) in [6.07, 6.45) is 2.53. The molecule has 0 unspecified atom stereocenters. The number of aryl methyl sites for hydroxylation is 2. The quantitative estimate of drug-likeness (QED) is 0.688. The molecule has 1 aromatic rings. The Labute approximate surface area is 65.8 Å². The van der Waals surface area contributed by atoms with Crippen molar-refractivity contribution >= 4 is 0 Å². The minimum absolute atomic E-state index is 0.670. The van der Waals surface area contributed by atoms with Crippen LogP contribution < -0.4 is 5.73 Å². The van der Waals surface area contributed by atoms with E-state index in [-0.39, 0.29) is 0 Å². The van der Waals surface area contributed by atoms with Crippen molar-refractivity contribution in [2.75, 3.05) is 6.54 Å². The molecule has 4 nitrogen and oxygen atoms in total. The minimum atomic E-state index is 0.670. The molecule has 62 valence electrons. The van der Waals surface area contributed by atoms with Gasteiger partial charge in [-0.25, -0.2) is 0 Å². The third-order valence-corrected chi connectivity index (χ3v) is 1.42. The van der Waals surface area contributed by atoms with Crippen molar-refractivity contribution in [1.82, 2.24) is 10.1 Å². The maximum Gasteiger partial charge on any atom is 0.226 e. The zero-order valence-electron chi connectivity index (χ0n) is 6.71. The van der Waals surface area contributed by atoms with Gasteiger partial charge in [0.1, 0.15) is 0 Å². The zero-order valence-corrected chi connectivity index (χ0v) is 6.71. The number of aromatic nitrogens is 2. The predicted octanol–water partition coefficient (Wildman–Crippen LogP) is 0.523. The topological polar surface area (TPSA) is 64.9 Å². The summed E-state index contributed by atoms with van der Waals surface area (Å²) in [5.74, 6) is 1.48. The number of hydrogen-bond acceptors (Lipinski definition) is 4. The van der Waals surface area contributed by atoms with Crippen molar-refractivity contribution in [3.8, 4) is 0 Å². The highest BCUT2D eigenvalue weighted by atomic mass is 16.5. The lowest BCUT2D eigenvalue weighted by Gasteiger charge is -1.87. The van der Waals surface area contributed by atoms with Gasteiger partial charge in [-0.1, -0.05) is 12.1 Å². The van der Waals surface area contributed by atoms with Crippen LogP contribution >= 0.6 is 0 Å². The monoisotopic (exact) mass is 155 g/mol. The molecule has 0 aromatic carbocycles. The SMILES string of the molecule is CCc1noc(CCCN)n1. The number of nitrogens with zero attached hydrogens (tertiary/aromatic N) is 2. The lowest BCUT2D eigenvalue weighted by atomic mass is 10.3. The summed E-state index contributed by atoms with van der Waals surface area (Å²) < 4.78 is 4.94. The van der Waals surface area contributed by atoms with E-state index in [1.165, 1.54) is 0 Å². The first kappa shape index (κ1) is 8.20. The molecule has 0 amide bonds. The molecule has 11 heavy (non-hydrogen) atoms. The second kappa shape index (κ2) is 4.08. The molecule has 2 N–H and O–H groups in total. The van der Waals surface area contributed by atoms with Crippen LogP contribution in [0.15, 0.2) is 4.52 Å². The van der Waals surface area contributed by atoms with Gasteiger partial charge in [0, 0.05) is 12.8 Å². The maximum atomic E-state index is 5.33. The molecule has 1 heterocycles. The predicted molar refractivity (Wildman–Crippen MR) is 41.1 cm³/mol. The van der Waals surface area contributed by atoms with Gasteiger partial charge in [0.2, 0.25) is 5.89 Å². The first-order valence-electron chi connectivity index (χ1n) is 3.88. The highest BCUT2D eigenvalue weighted by Crippen LogP contribution is 2.00. The molecule has 0 atom stereocenters. The van der Waals surface area contributed by atoms with Crippen LogP contribution in [0.1, 0.15) is 25.1 Å². The van der Waals surface area contributed by atoms with Gasteiger partial charge in [-0.05, 0) is 13.0 Å². The first-order valence-corrected chi connectivity index (χ1v) is 3.88. The van der Waals surface area contributed by atoms with Gasteiger partial charge < -0.3 is 10.3 Å². The summed E-state index contributed by atoms with van der Waals surface area (Å²) in [4.78, 5) is 4.13. The Bertz CT molecular complexity index is 209. The lowest BCUT2D eigenvalue weighted by molar-refractivity contribution is 0.371. The van der Waals surface area contributed by atoms with E-state index < -0.39 is 0 Å². The first-order chi connectivity index (χ1) is 5.36. The van der Waals surface area contributed by atoms with Crippen molar-refractivity contribution in [3.05, 3.63) is 11.7 Å². The molecule has 0 aliphatic carbocycles. The van der Waals surface area contributed by atoms with Crippen LogP contribution in [-0.4, -0.2) is 16.7 Å². The average Bonchev–Trinajstić information content (AvgIpc) is 2.48. The smallest absolute Gasteiger partial charge is 0.226 e. The fourth-order valence-corrected chi connectivity index (χ4v) is 0.789. The van der Waals surface area contributed by atoms with Crippen LogP contribution in [0.25, 0.3) is 0 Å². The molecule has 0 saturated carbocycles. The van der Waals surface area contributed by atoms with Crippen LogP contribution in [0.3, 0.4) is 0 Å². The zero-order chi connectivity index (χ0) is 8.10. The summed E-state index contributed by atoms with van der Waals surface area (Å²) in [5.41, 5.74) is 5.33. The molecule has 1 rings (SSSR count). The summed E-state index contributed by atoms with van der Waals surface area (Å²) in [5, 5.41) is 3.76. The van der Waals surface area contributed by atoms with Crippen LogP contribution in [-0.2, 0) is 12.8 Å². The Morgan fingerprint density at radius 3 is 2.91 bits per heavy atom. The summed E-state index contributed by atoms with van der Waals surface area (Å²) in [6.45, 7) is 2.67. The minimum Gasteiger partial charge on any atom is -0.339 e. The largest absolute Gasteiger partial charge is 0.339 e. The Morgan fingerprint density at radius 1 is 1.55 bits per heavy atom. The van der Waals surface area contributed by atoms with Crippen LogP contribution in [0.4, 0.5) is 0 Å². The van der Waals surface area contributed by atoms with Gasteiger partial charge in [-0.2, -0.15) is 4.98 Å². The Balaban J connectivity index is 2.44. The molecule has 0 radical (unpaired) electrons. The van der Waals surface area contributed by atoms with Crippen LogP contribution in [0.5, 0.6) is 0 Å². The number of nitrogens with two attached hydrogens (primary N) is 1. The van der Waals surface area contributed by atoms with Gasteiger partial charge in [0.25, 0.3) is 0 Å². The third-order valence-electron chi connectivity index (χ3n) is 1.42. The highest BCUT2D eigenvalue weighted by Gasteiger charge is 2.02. The van der Waals surface area contributed by atoms with Crippen molar-refractivity contribution in [2.24, 2.45) is 5.73 Å². The molecule has 0 bridgehead atoms. The second-order valence-corrected chi connectivity index (χ2v) is 2.35. The van der Waals surface area contributed by atoms with E-state index in [0.29, 0.717) is 12.4 Å². The van der Waals surface area contributed by atoms with Gasteiger partial charge in [0.05, 0.1) is 0 Å². The molecule has 0 aliphatic rings. The Morgan fingerprint density at radius 2 is 2.36 bits per heavy atom. The van der Waals surface area contributed by atoms with Crippen molar-refractivity contribution in [1.29, 1.82) is 0 Å². The molecular formula is C7H13N3O. The molecule has 0 aliphatic heterocycles. The fraction of sp³-hybridized carbons (Fsp3) is 0.714. The summed E-state index contributed by atoms with van der Waals surface area (Å²) >= 11 is 0. The van der Waals surface area contributed by atoms with Crippen molar-refractivity contribution < 1.29 is 4.52 Å². The third kappa shape index (κ3) is 2.31. The number of rotatable bonds is 4. The van der Waals surface area contributed by atoms with Crippen molar-refractivity contribution in [2.45, 2.75) is 26.2 Å². The van der Waals surface area contributed by atoms with E-state index in [9.17, 15) is 0 Å². The van der Waals surface area contributed by atoms with E-state index in [1.54, 1.807) is 0 Å². The lowest BCUT2D eigenvalue weighted by Crippen LogP contribution is -2.00. The van der Waals surface area contributed by atoms with E-state index in [1.807, 2.05) is 6.92 Å². The van der Waals surface area contributed by atoms with Crippen molar-refractivity contribution in [3.63, 3.8) is 0 Å². The van der Waals surface area contributed by atoms with Gasteiger partial charge >= 0.3 is 0 Å². The highest BCUT2D eigenvalue weighted by molar-refractivity contribution is 4.85. The van der Waals surface area contributed by atoms with E-state index >= 15 is 0 Å². The van der Waals surface area contributed by atoms with Gasteiger partial charge in [-0.15, -0.1) is 0 Å². The fourth-order valence-electron chi connectivity index (χ4n) is 0.789. The van der Waals surface area contributed by atoms with E-state index in [4.69, 9.17) is 10.3 Å². The standard InChI is InChI=1S/C7H13N3O/c1-2-6-9-7(11-10-6)4-3-5-8/h2-5,8H2,1H3. The molecule has 0 spiro atoms. The molecule has 1 aromatic heterocycles. The van der Waals surface area contributed by atoms with Crippen LogP contribution in [0, 0.1) is 0 Å². The van der Waals surface area contributed by atoms with E-state index in [0.717, 1.165) is 25.1 Å². The molecule has 0 saturated heterocycles. The maximum absolute atomic E-state index is 5.33. The summed E-state index contributed by atoms with van der Waals surface area (Å²) in [6, 6.07) is 0. The molecule has 0 fully saturated rings. The molecule has 4 heteroatoms. The Hall–Kier alpha value is -0.900. The Kier molecular flexibility index (Phi) is 3.04. The average molecular weight is 155 g/mol. The second-order valence-electron chi connectivity index (χ2n) is 2.35. The van der Waals surface area contributed by atoms with Crippen LogP contribution in [0.2, 0.25) is 0 Å². The van der Waals surface area contributed by atoms with E-state index in [2.05, 4.69) is 10.1 Å². The number of hydrogen-bond donors (Lipinski definition) is 1. The summed E-state index contributed by atoms with van der Waals surface area (Å²) in [7, 11) is 0. The van der Waals surface area contributed by atoms with Gasteiger partial charge in [0.15, 0.2) is 5.82 Å². The molecular weight excluding hydrogens is 142 g/mol. The normalized spacial score (nSPS) is 10.4. The van der Waals surface area contributed by atoms with Gasteiger partial charge in [-0.3, -0.25) is 0 Å².